The van der Waals surface area contributed by atoms with Crippen LogP contribution < -0.4 is 4.74 Å². The minimum Gasteiger partial charge on any atom is -0.485 e. The van der Waals surface area contributed by atoms with Crippen molar-refractivity contribution < 1.29 is 9.53 Å². The van der Waals surface area contributed by atoms with Gasteiger partial charge in [-0.2, -0.15) is 4.80 Å². The van der Waals surface area contributed by atoms with Crippen LogP contribution in [0.2, 0.25) is 0 Å². The highest BCUT2D eigenvalue weighted by Gasteiger charge is 2.03. The Bertz CT molecular complexity index is 519. The molecule has 2 rings (SSSR count). The van der Waals surface area contributed by atoms with Crippen LogP contribution in [0.25, 0.3) is 0 Å². The molecule has 0 aliphatic rings. The number of hydrogen-bond acceptors (Lipinski definition) is 5. The number of ketones is 1. The molecule has 0 fully saturated rings. The third kappa shape index (κ3) is 2.87. The van der Waals surface area contributed by atoms with Gasteiger partial charge in [0.1, 0.15) is 5.75 Å². The minimum atomic E-state index is 0.0344. The Morgan fingerprint density at radius 1 is 1.35 bits per heavy atom. The number of carbonyl (C=O) groups excluding carboxylic acids is 1. The quantitative estimate of drug-likeness (QED) is 0.735. The standard InChI is InChI=1S/C11H12N4O2/c1-8(16)9-3-5-10(6-4-9)17-7-11-12-14-15(2)13-11/h3-6H,7H2,1-2H3. The van der Waals surface area contributed by atoms with Crippen LogP contribution in [-0.4, -0.2) is 26.0 Å². The van der Waals surface area contributed by atoms with Crippen LogP contribution in [-0.2, 0) is 13.7 Å². The van der Waals surface area contributed by atoms with Crippen molar-refractivity contribution in [1.29, 1.82) is 0 Å². The van der Waals surface area contributed by atoms with E-state index in [4.69, 9.17) is 4.74 Å². The molecule has 6 heteroatoms. The summed E-state index contributed by atoms with van der Waals surface area (Å²) >= 11 is 0. The van der Waals surface area contributed by atoms with Crippen molar-refractivity contribution >= 4 is 5.78 Å². The molecule has 0 saturated heterocycles. The molecule has 0 unspecified atom stereocenters. The fourth-order valence-electron chi connectivity index (χ4n) is 1.31. The van der Waals surface area contributed by atoms with Gasteiger partial charge in [0, 0.05) is 5.56 Å². The number of aromatic nitrogens is 4. The lowest BCUT2D eigenvalue weighted by Crippen LogP contribution is -1.99. The van der Waals surface area contributed by atoms with E-state index in [0.29, 0.717) is 17.1 Å². The second-order valence-electron chi connectivity index (χ2n) is 3.56. The maximum absolute atomic E-state index is 11.1. The monoisotopic (exact) mass is 232 g/mol. The molecule has 0 amide bonds. The van der Waals surface area contributed by atoms with Crippen LogP contribution in [0.1, 0.15) is 23.1 Å². The average Bonchev–Trinajstić information content (AvgIpc) is 2.73. The largest absolute Gasteiger partial charge is 0.485 e. The van der Waals surface area contributed by atoms with Gasteiger partial charge in [0.25, 0.3) is 0 Å². The predicted octanol–water partition coefficient (Wildman–Crippen LogP) is 0.992. The molecule has 0 aliphatic heterocycles. The number of tetrazole rings is 1. The van der Waals surface area contributed by atoms with E-state index in [9.17, 15) is 4.79 Å². The molecule has 17 heavy (non-hydrogen) atoms. The van der Waals surface area contributed by atoms with Crippen LogP contribution in [0.5, 0.6) is 5.75 Å². The van der Waals surface area contributed by atoms with E-state index in [1.807, 2.05) is 0 Å². The molecule has 88 valence electrons. The second kappa shape index (κ2) is 4.73. The Kier molecular flexibility index (Phi) is 3.13. The highest BCUT2D eigenvalue weighted by molar-refractivity contribution is 5.94. The van der Waals surface area contributed by atoms with Gasteiger partial charge >= 0.3 is 0 Å². The fourth-order valence-corrected chi connectivity index (χ4v) is 1.31. The molecule has 0 bridgehead atoms. The Labute approximate surface area is 98.2 Å². The summed E-state index contributed by atoms with van der Waals surface area (Å²) in [4.78, 5) is 12.4. The molecule has 0 aliphatic carbocycles. The van der Waals surface area contributed by atoms with Crippen molar-refractivity contribution in [3.63, 3.8) is 0 Å². The SMILES string of the molecule is CC(=O)c1ccc(OCc2nnn(C)n2)cc1. The van der Waals surface area contributed by atoms with Crippen molar-refractivity contribution in [1.82, 2.24) is 20.2 Å². The lowest BCUT2D eigenvalue weighted by Gasteiger charge is -2.03. The highest BCUT2D eigenvalue weighted by atomic mass is 16.5. The first-order valence-electron chi connectivity index (χ1n) is 5.12. The molecular weight excluding hydrogens is 220 g/mol. The Balaban J connectivity index is 1.97. The zero-order valence-electron chi connectivity index (χ0n) is 9.62. The number of hydrogen-bond donors (Lipinski definition) is 0. The number of carbonyl (C=O) groups is 1. The molecule has 1 heterocycles. The normalized spacial score (nSPS) is 10.2. The first-order chi connectivity index (χ1) is 8.15. The molecule has 0 atom stereocenters. The van der Waals surface area contributed by atoms with Crippen molar-refractivity contribution in [2.24, 2.45) is 7.05 Å². The summed E-state index contributed by atoms with van der Waals surface area (Å²) in [6, 6.07) is 6.93. The van der Waals surface area contributed by atoms with Crippen molar-refractivity contribution in [3.05, 3.63) is 35.7 Å². The molecule has 1 aromatic carbocycles. The van der Waals surface area contributed by atoms with Crippen LogP contribution >= 0.6 is 0 Å². The number of aryl methyl sites for hydroxylation is 1. The molecule has 0 radical (unpaired) electrons. The average molecular weight is 232 g/mol. The van der Waals surface area contributed by atoms with E-state index < -0.39 is 0 Å². The van der Waals surface area contributed by atoms with Crippen LogP contribution in [0.3, 0.4) is 0 Å². The van der Waals surface area contributed by atoms with E-state index in [2.05, 4.69) is 15.4 Å². The van der Waals surface area contributed by atoms with E-state index in [-0.39, 0.29) is 12.4 Å². The van der Waals surface area contributed by atoms with Gasteiger partial charge in [-0.3, -0.25) is 4.79 Å². The Morgan fingerprint density at radius 3 is 2.59 bits per heavy atom. The van der Waals surface area contributed by atoms with Gasteiger partial charge in [-0.15, -0.1) is 10.2 Å². The fraction of sp³-hybridized carbons (Fsp3) is 0.273. The van der Waals surface area contributed by atoms with Gasteiger partial charge < -0.3 is 4.74 Å². The molecular formula is C11H12N4O2. The maximum atomic E-state index is 11.1. The maximum Gasteiger partial charge on any atom is 0.212 e. The summed E-state index contributed by atoms with van der Waals surface area (Å²) < 4.78 is 5.45. The van der Waals surface area contributed by atoms with Gasteiger partial charge in [0.05, 0.1) is 7.05 Å². The third-order valence-electron chi connectivity index (χ3n) is 2.18. The van der Waals surface area contributed by atoms with E-state index in [0.717, 1.165) is 0 Å². The first-order valence-corrected chi connectivity index (χ1v) is 5.12. The highest BCUT2D eigenvalue weighted by Crippen LogP contribution is 2.13. The third-order valence-corrected chi connectivity index (χ3v) is 2.18. The lowest BCUT2D eigenvalue weighted by atomic mass is 10.1. The zero-order chi connectivity index (χ0) is 12.3. The van der Waals surface area contributed by atoms with E-state index >= 15 is 0 Å². The number of rotatable bonds is 4. The zero-order valence-corrected chi connectivity index (χ0v) is 9.62. The molecule has 6 nitrogen and oxygen atoms in total. The summed E-state index contributed by atoms with van der Waals surface area (Å²) in [5.41, 5.74) is 0.662. The topological polar surface area (TPSA) is 69.9 Å². The molecule has 1 aromatic heterocycles. The lowest BCUT2D eigenvalue weighted by molar-refractivity contribution is 0.101. The van der Waals surface area contributed by atoms with Crippen molar-refractivity contribution in [2.45, 2.75) is 13.5 Å². The van der Waals surface area contributed by atoms with Crippen LogP contribution in [0, 0.1) is 0 Å². The number of Topliss-reactive ketones (excluding diaryl/α,β-unsaturated/α-hetero) is 1. The van der Waals surface area contributed by atoms with Gasteiger partial charge in [-0.25, -0.2) is 0 Å². The van der Waals surface area contributed by atoms with E-state index in [1.54, 1.807) is 31.3 Å². The molecule has 0 saturated carbocycles. The summed E-state index contributed by atoms with van der Waals surface area (Å²) in [5.74, 6) is 1.22. The Hall–Kier alpha value is -2.24. The van der Waals surface area contributed by atoms with Gasteiger partial charge in [-0.05, 0) is 36.4 Å². The van der Waals surface area contributed by atoms with Crippen LogP contribution in [0.15, 0.2) is 24.3 Å². The first kappa shape index (κ1) is 11.3. The summed E-state index contributed by atoms with van der Waals surface area (Å²) in [7, 11) is 1.69. The summed E-state index contributed by atoms with van der Waals surface area (Å²) in [5, 5.41) is 11.5. The van der Waals surface area contributed by atoms with Crippen LogP contribution in [0.4, 0.5) is 0 Å². The number of benzene rings is 1. The van der Waals surface area contributed by atoms with Gasteiger partial charge in [-0.1, -0.05) is 0 Å². The predicted molar refractivity (Wildman–Crippen MR) is 59.6 cm³/mol. The van der Waals surface area contributed by atoms with Gasteiger partial charge in [0.15, 0.2) is 12.4 Å². The smallest absolute Gasteiger partial charge is 0.212 e. The molecule has 0 N–H and O–H groups in total. The molecule has 2 aromatic rings. The van der Waals surface area contributed by atoms with Gasteiger partial charge in [0.2, 0.25) is 5.82 Å². The Morgan fingerprint density at radius 2 is 2.06 bits per heavy atom. The van der Waals surface area contributed by atoms with Crippen molar-refractivity contribution in [3.8, 4) is 5.75 Å². The second-order valence-corrected chi connectivity index (χ2v) is 3.56. The van der Waals surface area contributed by atoms with Crippen molar-refractivity contribution in [2.75, 3.05) is 0 Å². The number of ether oxygens (including phenoxy) is 1. The summed E-state index contributed by atoms with van der Waals surface area (Å²) in [6.45, 7) is 1.78. The van der Waals surface area contributed by atoms with E-state index in [1.165, 1.54) is 11.7 Å². The summed E-state index contributed by atoms with van der Waals surface area (Å²) in [6.07, 6.45) is 0. The number of nitrogens with zero attached hydrogens (tertiary/aromatic N) is 4. The molecule has 0 spiro atoms. The minimum absolute atomic E-state index is 0.0344.